The van der Waals surface area contributed by atoms with Gasteiger partial charge in [0.2, 0.25) is 0 Å². The molecule has 0 spiro atoms. The van der Waals surface area contributed by atoms with Crippen LogP contribution >= 0.6 is 15.9 Å². The number of benzene rings is 3. The number of halogens is 1. The lowest BCUT2D eigenvalue weighted by Crippen LogP contribution is -2.23. The van der Waals surface area contributed by atoms with E-state index in [1.165, 1.54) is 0 Å². The molecule has 39 heavy (non-hydrogen) atoms. The number of hydrogen-bond acceptors (Lipinski definition) is 7. The summed E-state index contributed by atoms with van der Waals surface area (Å²) < 4.78 is 11.5. The summed E-state index contributed by atoms with van der Waals surface area (Å²) in [6.07, 6.45) is 0.360. The summed E-state index contributed by atoms with van der Waals surface area (Å²) in [7, 11) is 0. The Morgan fingerprint density at radius 1 is 0.872 bits per heavy atom. The van der Waals surface area contributed by atoms with Crippen molar-refractivity contribution in [3.05, 3.63) is 99.0 Å². The van der Waals surface area contributed by atoms with Crippen LogP contribution in [-0.4, -0.2) is 48.9 Å². The zero-order chi connectivity index (χ0) is 28.4. The van der Waals surface area contributed by atoms with Crippen molar-refractivity contribution in [2.24, 2.45) is 0 Å². The lowest BCUT2D eigenvalue weighted by molar-refractivity contribution is -0.145. The van der Waals surface area contributed by atoms with Gasteiger partial charge in [-0.15, -0.1) is 0 Å². The van der Waals surface area contributed by atoms with E-state index in [0.717, 1.165) is 18.7 Å². The average molecular weight is 596 g/mol. The molecule has 0 amide bonds. The molecule has 1 unspecified atom stereocenters. The third kappa shape index (κ3) is 8.25. The molecule has 206 valence electrons. The van der Waals surface area contributed by atoms with Gasteiger partial charge in [0.15, 0.2) is 5.78 Å². The Morgan fingerprint density at radius 2 is 1.54 bits per heavy atom. The number of hydrogen-bond donors (Lipinski definition) is 1. The predicted molar refractivity (Wildman–Crippen MR) is 156 cm³/mol. The topological polar surface area (TPSA) is 98.9 Å². The predicted octanol–water partition coefficient (Wildman–Crippen LogP) is 6.00. The highest BCUT2D eigenvalue weighted by atomic mass is 79.9. The Morgan fingerprint density at radius 3 is 2.23 bits per heavy atom. The monoisotopic (exact) mass is 594 g/mol. The van der Waals surface area contributed by atoms with Crippen LogP contribution in [0.2, 0.25) is 0 Å². The number of esters is 2. The van der Waals surface area contributed by atoms with Crippen LogP contribution in [0.4, 0.5) is 5.69 Å². The summed E-state index contributed by atoms with van der Waals surface area (Å²) in [5, 5.41) is 0. The van der Waals surface area contributed by atoms with Gasteiger partial charge in [-0.2, -0.15) is 0 Å². The molecule has 0 radical (unpaired) electrons. The summed E-state index contributed by atoms with van der Waals surface area (Å²) in [5.74, 6) is -1.52. The normalized spacial score (nSPS) is 11.7. The minimum atomic E-state index is -0.549. The Labute approximate surface area is 238 Å². The first kappa shape index (κ1) is 30.1. The zero-order valence-corrected chi connectivity index (χ0v) is 24.2. The van der Waals surface area contributed by atoms with Crippen molar-refractivity contribution in [2.45, 2.75) is 39.7 Å². The van der Waals surface area contributed by atoms with Gasteiger partial charge in [-0.3, -0.25) is 14.5 Å². The molecule has 0 aromatic heterocycles. The number of anilines is 1. The smallest absolute Gasteiger partial charge is 0.338 e. The molecule has 0 aliphatic heterocycles. The second kappa shape index (κ2) is 14.6. The first-order chi connectivity index (χ1) is 18.7. The van der Waals surface area contributed by atoms with Crippen molar-refractivity contribution < 1.29 is 23.9 Å². The summed E-state index contributed by atoms with van der Waals surface area (Å²) >= 11 is 3.44. The number of ether oxygens (including phenoxy) is 2. The third-order valence-electron chi connectivity index (χ3n) is 6.54. The lowest BCUT2D eigenvalue weighted by atomic mass is 9.96. The van der Waals surface area contributed by atoms with Crippen molar-refractivity contribution in [3.63, 3.8) is 0 Å². The number of ketones is 1. The van der Waals surface area contributed by atoms with Crippen LogP contribution in [0.15, 0.2) is 71.2 Å². The summed E-state index contributed by atoms with van der Waals surface area (Å²) in [6, 6.07) is 19.4. The molecule has 0 bridgehead atoms. The van der Waals surface area contributed by atoms with Crippen molar-refractivity contribution in [2.75, 3.05) is 32.0 Å². The fourth-order valence-electron chi connectivity index (χ4n) is 4.06. The highest BCUT2D eigenvalue weighted by Crippen LogP contribution is 2.27. The summed E-state index contributed by atoms with van der Waals surface area (Å²) in [4.78, 5) is 40.2. The van der Waals surface area contributed by atoms with Gasteiger partial charge in [0.25, 0.3) is 0 Å². The van der Waals surface area contributed by atoms with Crippen LogP contribution in [0, 0.1) is 0 Å². The first-order valence-corrected chi connectivity index (χ1v) is 13.9. The number of rotatable bonds is 13. The van der Waals surface area contributed by atoms with E-state index in [2.05, 4.69) is 34.7 Å². The summed E-state index contributed by atoms with van der Waals surface area (Å²) in [6.45, 7) is 8.48. The number of carbonyl (C=O) groups is 3. The van der Waals surface area contributed by atoms with E-state index in [0.29, 0.717) is 45.4 Å². The molecular formula is C31H35BrN2O5. The SMILES string of the molecule is CCN(CC)Cc1cc(C(=O)OCCCOC(=O)C(C)c2cccc(C(=O)c3ccccc3)c2)cc(Br)c1N. The first-order valence-electron chi connectivity index (χ1n) is 13.1. The van der Waals surface area contributed by atoms with Crippen LogP contribution in [0.3, 0.4) is 0 Å². The van der Waals surface area contributed by atoms with Gasteiger partial charge in [-0.1, -0.05) is 62.4 Å². The van der Waals surface area contributed by atoms with Gasteiger partial charge in [-0.05, 0) is 65.3 Å². The van der Waals surface area contributed by atoms with E-state index in [4.69, 9.17) is 15.2 Å². The van der Waals surface area contributed by atoms with E-state index in [-0.39, 0.29) is 19.0 Å². The molecule has 0 saturated heterocycles. The number of nitrogens with zero attached hydrogens (tertiary/aromatic N) is 1. The maximum Gasteiger partial charge on any atom is 0.338 e. The molecule has 7 nitrogen and oxygen atoms in total. The van der Waals surface area contributed by atoms with E-state index < -0.39 is 17.9 Å². The number of carbonyl (C=O) groups excluding carboxylic acids is 3. The molecule has 8 heteroatoms. The Balaban J connectivity index is 1.49. The maximum absolute atomic E-state index is 12.8. The average Bonchev–Trinajstić information content (AvgIpc) is 2.97. The Hall–Kier alpha value is -3.49. The molecule has 0 saturated carbocycles. The van der Waals surface area contributed by atoms with Crippen LogP contribution in [-0.2, 0) is 20.8 Å². The molecular weight excluding hydrogens is 560 g/mol. The van der Waals surface area contributed by atoms with Gasteiger partial charge >= 0.3 is 11.9 Å². The number of nitrogen functional groups attached to an aromatic ring is 1. The molecule has 0 aliphatic carbocycles. The van der Waals surface area contributed by atoms with E-state index >= 15 is 0 Å². The second-order valence-electron chi connectivity index (χ2n) is 9.19. The lowest BCUT2D eigenvalue weighted by Gasteiger charge is -2.20. The quantitative estimate of drug-likeness (QED) is 0.112. The second-order valence-corrected chi connectivity index (χ2v) is 10.0. The van der Waals surface area contributed by atoms with Gasteiger partial charge in [0, 0.05) is 28.6 Å². The van der Waals surface area contributed by atoms with Crippen molar-refractivity contribution in [1.82, 2.24) is 4.90 Å². The largest absolute Gasteiger partial charge is 0.465 e. The van der Waals surface area contributed by atoms with Gasteiger partial charge in [0.05, 0.1) is 30.4 Å². The molecule has 2 N–H and O–H groups in total. The standard InChI is InChI=1S/C31H35BrN2O5/c1-4-34(5-2)20-26-18-25(19-27(32)28(26)33)31(37)39-16-10-15-38-30(36)21(3)23-13-9-14-24(17-23)29(35)22-11-7-6-8-12-22/h6-9,11-14,17-19,21H,4-5,10,15-16,20,33H2,1-3H3. The summed E-state index contributed by atoms with van der Waals surface area (Å²) in [5.41, 5.74) is 9.88. The van der Waals surface area contributed by atoms with Crippen LogP contribution in [0.1, 0.15) is 70.5 Å². The molecule has 0 heterocycles. The van der Waals surface area contributed by atoms with Gasteiger partial charge in [-0.25, -0.2) is 4.79 Å². The Kier molecular flexibility index (Phi) is 11.3. The molecule has 3 aromatic rings. The minimum absolute atomic E-state index is 0.104. The van der Waals surface area contributed by atoms with E-state index in [1.807, 2.05) is 18.2 Å². The molecule has 0 fully saturated rings. The highest BCUT2D eigenvalue weighted by Gasteiger charge is 2.19. The van der Waals surface area contributed by atoms with Crippen molar-refractivity contribution in [3.8, 4) is 0 Å². The highest BCUT2D eigenvalue weighted by molar-refractivity contribution is 9.10. The third-order valence-corrected chi connectivity index (χ3v) is 7.20. The van der Waals surface area contributed by atoms with Crippen LogP contribution in [0.5, 0.6) is 0 Å². The van der Waals surface area contributed by atoms with Crippen LogP contribution in [0.25, 0.3) is 0 Å². The Bertz CT molecular complexity index is 1290. The molecule has 1 atom stereocenters. The van der Waals surface area contributed by atoms with E-state index in [9.17, 15) is 14.4 Å². The number of nitrogens with two attached hydrogens (primary N) is 1. The van der Waals surface area contributed by atoms with Crippen molar-refractivity contribution in [1.29, 1.82) is 0 Å². The van der Waals surface area contributed by atoms with Crippen molar-refractivity contribution >= 4 is 39.3 Å². The van der Waals surface area contributed by atoms with Crippen LogP contribution < -0.4 is 5.73 Å². The fourth-order valence-corrected chi connectivity index (χ4v) is 4.56. The van der Waals surface area contributed by atoms with Gasteiger partial charge in [0.1, 0.15) is 0 Å². The van der Waals surface area contributed by atoms with Gasteiger partial charge < -0.3 is 15.2 Å². The minimum Gasteiger partial charge on any atom is -0.465 e. The molecule has 3 rings (SSSR count). The maximum atomic E-state index is 12.8. The molecule has 3 aromatic carbocycles. The molecule has 0 aliphatic rings. The fraction of sp³-hybridized carbons (Fsp3) is 0.323. The van der Waals surface area contributed by atoms with E-state index in [1.54, 1.807) is 55.5 Å². The zero-order valence-electron chi connectivity index (χ0n) is 22.6.